The molecule has 0 aromatic carbocycles. The van der Waals surface area contributed by atoms with Crippen LogP contribution in [-0.4, -0.2) is 37.6 Å². The van der Waals surface area contributed by atoms with Crippen LogP contribution in [0, 0.1) is 16.7 Å². The number of nitrogens with zero attached hydrogens (tertiary/aromatic N) is 2. The van der Waals surface area contributed by atoms with E-state index >= 15 is 0 Å². The van der Waals surface area contributed by atoms with Crippen molar-refractivity contribution in [2.24, 2.45) is 5.41 Å². The summed E-state index contributed by atoms with van der Waals surface area (Å²) in [7, 11) is 2.21. The van der Waals surface area contributed by atoms with Gasteiger partial charge in [-0.3, -0.25) is 0 Å². The molecular formula is C12H21N3. The topological polar surface area (TPSA) is 39.1 Å². The van der Waals surface area contributed by atoms with Crippen molar-refractivity contribution in [2.45, 2.75) is 38.1 Å². The molecule has 0 saturated heterocycles. The fourth-order valence-electron chi connectivity index (χ4n) is 2.07. The summed E-state index contributed by atoms with van der Waals surface area (Å²) in [6.45, 7) is 3.26. The van der Waals surface area contributed by atoms with Crippen LogP contribution >= 0.6 is 0 Å². The molecule has 0 aliphatic heterocycles. The van der Waals surface area contributed by atoms with E-state index in [0.29, 0.717) is 5.41 Å². The van der Waals surface area contributed by atoms with E-state index in [1.807, 2.05) is 0 Å². The summed E-state index contributed by atoms with van der Waals surface area (Å²) in [5, 5.41) is 12.2. The van der Waals surface area contributed by atoms with Crippen LogP contribution in [-0.2, 0) is 0 Å². The standard InChI is InChI=1S/C12H21N3/c1-15(11-2-3-11)9-8-14-10-12(4-5-12)6-7-13/h11,14H,2-6,8-10H2,1H3. The molecule has 2 rings (SSSR count). The van der Waals surface area contributed by atoms with Crippen LogP contribution in [0.5, 0.6) is 0 Å². The highest BCUT2D eigenvalue weighted by atomic mass is 15.2. The predicted octanol–water partition coefficient (Wildman–Crippen LogP) is 1.36. The highest BCUT2D eigenvalue weighted by molar-refractivity contribution is 5.00. The molecule has 2 saturated carbocycles. The number of rotatable bonds is 7. The molecule has 3 heteroatoms. The number of nitriles is 1. The van der Waals surface area contributed by atoms with Gasteiger partial charge in [0.2, 0.25) is 0 Å². The average Bonchev–Trinajstić information content (AvgIpc) is 3.07. The second-order valence-corrected chi connectivity index (χ2v) is 5.22. The molecule has 84 valence electrons. The van der Waals surface area contributed by atoms with E-state index in [0.717, 1.165) is 32.1 Å². The van der Waals surface area contributed by atoms with Gasteiger partial charge in [-0.2, -0.15) is 5.26 Å². The fourth-order valence-corrected chi connectivity index (χ4v) is 2.07. The molecule has 2 fully saturated rings. The van der Waals surface area contributed by atoms with E-state index in [9.17, 15) is 0 Å². The van der Waals surface area contributed by atoms with E-state index in [1.54, 1.807) is 0 Å². The van der Waals surface area contributed by atoms with Crippen LogP contribution in [0.3, 0.4) is 0 Å². The Balaban J connectivity index is 1.53. The molecule has 0 aromatic heterocycles. The Morgan fingerprint density at radius 2 is 2.20 bits per heavy atom. The van der Waals surface area contributed by atoms with Crippen molar-refractivity contribution in [3.05, 3.63) is 0 Å². The maximum absolute atomic E-state index is 8.68. The van der Waals surface area contributed by atoms with Crippen LogP contribution in [0.25, 0.3) is 0 Å². The lowest BCUT2D eigenvalue weighted by Gasteiger charge is -2.17. The lowest BCUT2D eigenvalue weighted by atomic mass is 10.0. The first-order valence-electron chi connectivity index (χ1n) is 6.04. The quantitative estimate of drug-likeness (QED) is 0.641. The minimum Gasteiger partial charge on any atom is -0.315 e. The summed E-state index contributed by atoms with van der Waals surface area (Å²) < 4.78 is 0. The minimum atomic E-state index is 0.354. The molecule has 0 atom stereocenters. The number of hydrogen-bond acceptors (Lipinski definition) is 3. The van der Waals surface area contributed by atoms with Gasteiger partial charge in [-0.05, 0) is 38.1 Å². The average molecular weight is 207 g/mol. The third-order valence-electron chi connectivity index (χ3n) is 3.72. The Kier molecular flexibility index (Phi) is 3.28. The van der Waals surface area contributed by atoms with Gasteiger partial charge in [0, 0.05) is 32.1 Å². The van der Waals surface area contributed by atoms with Gasteiger partial charge in [0.15, 0.2) is 0 Å². The van der Waals surface area contributed by atoms with Gasteiger partial charge in [0.05, 0.1) is 6.07 Å². The van der Waals surface area contributed by atoms with E-state index < -0.39 is 0 Å². The monoisotopic (exact) mass is 207 g/mol. The van der Waals surface area contributed by atoms with Crippen molar-refractivity contribution in [3.63, 3.8) is 0 Å². The van der Waals surface area contributed by atoms with E-state index in [4.69, 9.17) is 5.26 Å². The number of likely N-dealkylation sites (N-methyl/N-ethyl adjacent to an activating group) is 1. The summed E-state index contributed by atoms with van der Waals surface area (Å²) in [6, 6.07) is 3.16. The van der Waals surface area contributed by atoms with Crippen LogP contribution < -0.4 is 5.32 Å². The maximum Gasteiger partial charge on any atom is 0.0628 e. The third-order valence-corrected chi connectivity index (χ3v) is 3.72. The van der Waals surface area contributed by atoms with Crippen molar-refractivity contribution in [3.8, 4) is 6.07 Å². The normalized spacial score (nSPS) is 22.7. The zero-order chi connectivity index (χ0) is 10.7. The van der Waals surface area contributed by atoms with E-state index in [-0.39, 0.29) is 0 Å². The molecule has 2 aliphatic rings. The molecular weight excluding hydrogens is 186 g/mol. The molecule has 3 nitrogen and oxygen atoms in total. The Morgan fingerprint density at radius 1 is 1.47 bits per heavy atom. The summed E-state index contributed by atoms with van der Waals surface area (Å²) in [5.41, 5.74) is 0.354. The summed E-state index contributed by atoms with van der Waals surface area (Å²) in [4.78, 5) is 2.44. The summed E-state index contributed by atoms with van der Waals surface area (Å²) in [5.74, 6) is 0. The Hall–Kier alpha value is -0.590. The van der Waals surface area contributed by atoms with Gasteiger partial charge in [-0.15, -0.1) is 0 Å². The second kappa shape index (κ2) is 4.51. The van der Waals surface area contributed by atoms with Gasteiger partial charge < -0.3 is 10.2 Å². The van der Waals surface area contributed by atoms with E-state index in [2.05, 4.69) is 23.3 Å². The molecule has 0 amide bonds. The first-order valence-corrected chi connectivity index (χ1v) is 6.04. The van der Waals surface area contributed by atoms with Crippen LogP contribution in [0.4, 0.5) is 0 Å². The summed E-state index contributed by atoms with van der Waals surface area (Å²) >= 11 is 0. The number of nitrogens with one attached hydrogen (secondary N) is 1. The molecule has 0 spiro atoms. The Morgan fingerprint density at radius 3 is 2.73 bits per heavy atom. The second-order valence-electron chi connectivity index (χ2n) is 5.22. The van der Waals surface area contributed by atoms with Crippen molar-refractivity contribution < 1.29 is 0 Å². The zero-order valence-corrected chi connectivity index (χ0v) is 9.63. The third kappa shape index (κ3) is 3.19. The van der Waals surface area contributed by atoms with Crippen molar-refractivity contribution in [2.75, 3.05) is 26.7 Å². The Labute approximate surface area is 92.4 Å². The SMILES string of the molecule is CN(CCNCC1(CC#N)CC1)C1CC1. The predicted molar refractivity (Wildman–Crippen MR) is 60.4 cm³/mol. The maximum atomic E-state index is 8.68. The molecule has 0 radical (unpaired) electrons. The molecule has 1 N–H and O–H groups in total. The van der Waals surface area contributed by atoms with Crippen molar-refractivity contribution in [1.29, 1.82) is 5.26 Å². The minimum absolute atomic E-state index is 0.354. The van der Waals surface area contributed by atoms with Gasteiger partial charge in [0.1, 0.15) is 0 Å². The first-order chi connectivity index (χ1) is 7.26. The molecule has 0 aromatic rings. The fraction of sp³-hybridized carbons (Fsp3) is 0.917. The first kappa shape index (κ1) is 10.9. The van der Waals surface area contributed by atoms with Crippen LogP contribution in [0.2, 0.25) is 0 Å². The number of hydrogen-bond donors (Lipinski definition) is 1. The molecule has 0 heterocycles. The Bertz CT molecular complexity index is 248. The molecule has 2 aliphatic carbocycles. The van der Waals surface area contributed by atoms with Crippen LogP contribution in [0.1, 0.15) is 32.1 Å². The highest BCUT2D eigenvalue weighted by Gasteiger charge is 2.41. The van der Waals surface area contributed by atoms with Gasteiger partial charge in [-0.1, -0.05) is 0 Å². The van der Waals surface area contributed by atoms with Crippen molar-refractivity contribution in [1.82, 2.24) is 10.2 Å². The lowest BCUT2D eigenvalue weighted by molar-refractivity contribution is 0.315. The molecule has 15 heavy (non-hydrogen) atoms. The van der Waals surface area contributed by atoms with Gasteiger partial charge in [0.25, 0.3) is 0 Å². The van der Waals surface area contributed by atoms with Gasteiger partial charge in [-0.25, -0.2) is 0 Å². The zero-order valence-electron chi connectivity index (χ0n) is 9.63. The summed E-state index contributed by atoms with van der Waals surface area (Å²) in [6.07, 6.45) is 5.99. The van der Waals surface area contributed by atoms with Crippen LogP contribution in [0.15, 0.2) is 0 Å². The highest BCUT2D eigenvalue weighted by Crippen LogP contribution is 2.47. The van der Waals surface area contributed by atoms with E-state index in [1.165, 1.54) is 25.7 Å². The largest absolute Gasteiger partial charge is 0.315 e. The molecule has 0 unspecified atom stereocenters. The lowest BCUT2D eigenvalue weighted by Crippen LogP contribution is -2.33. The van der Waals surface area contributed by atoms with Gasteiger partial charge >= 0.3 is 0 Å². The van der Waals surface area contributed by atoms with Crippen molar-refractivity contribution >= 4 is 0 Å². The smallest absolute Gasteiger partial charge is 0.0628 e. The molecule has 0 bridgehead atoms.